The number of nitrogens with two attached hydrogens (primary N) is 1. The van der Waals surface area contributed by atoms with Crippen LogP contribution in [0.2, 0.25) is 0 Å². The normalized spacial score (nSPS) is 13.4. The molecule has 132 valence electrons. The maximum atomic E-state index is 13.5. The number of halogens is 4. The Hall–Kier alpha value is -2.41. The van der Waals surface area contributed by atoms with Crippen LogP contribution < -0.4 is 5.73 Å². The molecule has 25 heavy (non-hydrogen) atoms. The molecule has 2 aromatic carbocycles. The van der Waals surface area contributed by atoms with E-state index in [4.69, 9.17) is 5.73 Å². The maximum absolute atomic E-state index is 13.5. The maximum Gasteiger partial charge on any atom is 0.418 e. The highest BCUT2D eigenvalue weighted by molar-refractivity contribution is 5.80. The first-order chi connectivity index (χ1) is 11.8. The van der Waals surface area contributed by atoms with Crippen LogP contribution in [0.3, 0.4) is 0 Å². The monoisotopic (exact) mass is 351 g/mol. The van der Waals surface area contributed by atoms with Crippen molar-refractivity contribution in [1.29, 1.82) is 0 Å². The minimum absolute atomic E-state index is 0.00164. The second-order valence-electron chi connectivity index (χ2n) is 5.87. The van der Waals surface area contributed by atoms with Crippen molar-refractivity contribution >= 4 is 11.0 Å². The number of para-hydroxylation sites is 1. The number of hydrogen-bond acceptors (Lipinski definition) is 2. The van der Waals surface area contributed by atoms with E-state index in [0.717, 1.165) is 6.07 Å². The van der Waals surface area contributed by atoms with Crippen LogP contribution in [0.1, 0.15) is 36.3 Å². The number of fused-ring (bicyclic) bond motifs is 1. The van der Waals surface area contributed by atoms with E-state index >= 15 is 0 Å². The van der Waals surface area contributed by atoms with Gasteiger partial charge in [0.25, 0.3) is 0 Å². The van der Waals surface area contributed by atoms with Crippen molar-refractivity contribution in [2.45, 2.75) is 32.1 Å². The molecular formula is C18H17F4N3. The molecule has 0 fully saturated rings. The Balaban J connectivity index is 2.23. The van der Waals surface area contributed by atoms with E-state index < -0.39 is 23.6 Å². The molecule has 0 radical (unpaired) electrons. The molecule has 3 rings (SSSR count). The number of aromatic nitrogens is 2. The molecule has 3 aromatic rings. The first-order valence-electron chi connectivity index (χ1n) is 7.87. The second kappa shape index (κ2) is 6.48. The number of nitrogens with zero attached hydrogens (tertiary/aromatic N) is 2. The summed E-state index contributed by atoms with van der Waals surface area (Å²) in [6.07, 6.45) is -3.97. The molecule has 0 aliphatic heterocycles. The summed E-state index contributed by atoms with van der Waals surface area (Å²) < 4.78 is 55.0. The van der Waals surface area contributed by atoms with Gasteiger partial charge >= 0.3 is 6.18 Å². The molecule has 0 saturated heterocycles. The van der Waals surface area contributed by atoms with Crippen molar-refractivity contribution in [2.24, 2.45) is 5.73 Å². The lowest BCUT2D eigenvalue weighted by atomic mass is 10.1. The first kappa shape index (κ1) is 17.4. The average molecular weight is 351 g/mol. The van der Waals surface area contributed by atoms with Crippen LogP contribution in [-0.4, -0.2) is 9.55 Å². The predicted molar refractivity (Wildman–Crippen MR) is 87.5 cm³/mol. The fourth-order valence-corrected chi connectivity index (χ4v) is 2.83. The summed E-state index contributed by atoms with van der Waals surface area (Å²) in [5, 5.41) is 0. The van der Waals surface area contributed by atoms with Crippen molar-refractivity contribution in [3.8, 4) is 0 Å². The highest BCUT2D eigenvalue weighted by Crippen LogP contribution is 2.36. The van der Waals surface area contributed by atoms with Gasteiger partial charge in [-0.25, -0.2) is 9.37 Å². The zero-order valence-corrected chi connectivity index (χ0v) is 13.5. The van der Waals surface area contributed by atoms with Crippen LogP contribution >= 0.6 is 0 Å². The number of imidazole rings is 1. The summed E-state index contributed by atoms with van der Waals surface area (Å²) >= 11 is 0. The Morgan fingerprint density at radius 1 is 1.12 bits per heavy atom. The smallest absolute Gasteiger partial charge is 0.322 e. The van der Waals surface area contributed by atoms with Gasteiger partial charge in [0, 0.05) is 6.54 Å². The summed E-state index contributed by atoms with van der Waals surface area (Å²) in [5.41, 5.74) is 6.23. The predicted octanol–water partition coefficient (Wildman–Crippen LogP) is 4.65. The van der Waals surface area contributed by atoms with Gasteiger partial charge in [0.1, 0.15) is 11.6 Å². The van der Waals surface area contributed by atoms with Crippen LogP contribution in [0.15, 0.2) is 42.5 Å². The van der Waals surface area contributed by atoms with Crippen molar-refractivity contribution < 1.29 is 17.6 Å². The Morgan fingerprint density at radius 3 is 2.40 bits per heavy atom. The molecule has 0 saturated carbocycles. The van der Waals surface area contributed by atoms with E-state index in [1.165, 1.54) is 28.8 Å². The van der Waals surface area contributed by atoms with Crippen LogP contribution in [0.25, 0.3) is 11.0 Å². The van der Waals surface area contributed by atoms with Crippen LogP contribution in [-0.2, 0) is 12.7 Å². The summed E-state index contributed by atoms with van der Waals surface area (Å²) in [7, 11) is 0. The van der Waals surface area contributed by atoms with Crippen LogP contribution in [0.5, 0.6) is 0 Å². The summed E-state index contributed by atoms with van der Waals surface area (Å²) in [5.74, 6) is -0.0146. The lowest BCUT2D eigenvalue weighted by Gasteiger charge is -2.16. The summed E-state index contributed by atoms with van der Waals surface area (Å²) in [6, 6.07) is 9.05. The third-order valence-electron chi connectivity index (χ3n) is 4.13. The Kier molecular flexibility index (Phi) is 4.51. The highest BCUT2D eigenvalue weighted by Gasteiger charge is 2.35. The Bertz CT molecular complexity index is 882. The standard InChI is InChI=1S/C18H17F4N3/c1-2-14(23)17-24-15-5-3-4-13(18(20,21)22)16(15)25(17)10-11-6-8-12(19)9-7-11/h3-9,14H,2,10,23H2,1H3. The third kappa shape index (κ3) is 3.37. The van der Waals surface area contributed by atoms with E-state index in [2.05, 4.69) is 4.98 Å². The number of alkyl halides is 3. The van der Waals surface area contributed by atoms with E-state index in [9.17, 15) is 17.6 Å². The van der Waals surface area contributed by atoms with Gasteiger partial charge in [-0.1, -0.05) is 25.1 Å². The van der Waals surface area contributed by atoms with Crippen molar-refractivity contribution in [3.05, 3.63) is 65.2 Å². The molecule has 3 nitrogen and oxygen atoms in total. The minimum atomic E-state index is -4.51. The molecule has 0 bridgehead atoms. The van der Waals surface area contributed by atoms with Crippen molar-refractivity contribution in [3.63, 3.8) is 0 Å². The van der Waals surface area contributed by atoms with Crippen LogP contribution in [0.4, 0.5) is 17.6 Å². The molecule has 0 amide bonds. The molecule has 7 heteroatoms. The fourth-order valence-electron chi connectivity index (χ4n) is 2.83. The first-order valence-corrected chi connectivity index (χ1v) is 7.87. The van der Waals surface area contributed by atoms with Gasteiger partial charge in [-0.15, -0.1) is 0 Å². The number of rotatable bonds is 4. The van der Waals surface area contributed by atoms with Crippen molar-refractivity contribution in [1.82, 2.24) is 9.55 Å². The summed E-state index contributed by atoms with van der Waals surface area (Å²) in [6.45, 7) is 1.98. The molecule has 0 aliphatic rings. The molecule has 1 unspecified atom stereocenters. The molecule has 1 aromatic heterocycles. The van der Waals surface area contributed by atoms with Gasteiger partial charge in [-0.2, -0.15) is 13.2 Å². The van der Waals surface area contributed by atoms with Gasteiger partial charge in [-0.05, 0) is 36.2 Å². The second-order valence-corrected chi connectivity index (χ2v) is 5.87. The fraction of sp³-hybridized carbons (Fsp3) is 0.278. The van der Waals surface area contributed by atoms with Crippen LogP contribution in [0, 0.1) is 5.82 Å². The van der Waals surface area contributed by atoms with Crippen molar-refractivity contribution in [2.75, 3.05) is 0 Å². The molecule has 0 spiro atoms. The van der Waals surface area contributed by atoms with Gasteiger partial charge < -0.3 is 10.3 Å². The SMILES string of the molecule is CCC(N)c1nc2cccc(C(F)(F)F)c2n1Cc1ccc(F)cc1. The molecule has 2 N–H and O–H groups in total. The molecule has 0 aliphatic carbocycles. The van der Waals surface area contributed by atoms with Gasteiger partial charge in [0.05, 0.1) is 22.6 Å². The zero-order chi connectivity index (χ0) is 18.2. The molecular weight excluding hydrogens is 334 g/mol. The largest absolute Gasteiger partial charge is 0.418 e. The topological polar surface area (TPSA) is 43.8 Å². The third-order valence-corrected chi connectivity index (χ3v) is 4.13. The number of benzene rings is 2. The lowest BCUT2D eigenvalue weighted by molar-refractivity contribution is -0.136. The van der Waals surface area contributed by atoms with E-state index in [1.54, 1.807) is 12.1 Å². The molecule has 1 atom stereocenters. The summed E-state index contributed by atoms with van der Waals surface area (Å²) in [4.78, 5) is 4.34. The quantitative estimate of drug-likeness (QED) is 0.695. The number of hydrogen-bond donors (Lipinski definition) is 1. The average Bonchev–Trinajstić information content (AvgIpc) is 2.94. The van der Waals surface area contributed by atoms with Gasteiger partial charge in [0.2, 0.25) is 0 Å². The van der Waals surface area contributed by atoms with Gasteiger partial charge in [0.15, 0.2) is 0 Å². The highest BCUT2D eigenvalue weighted by atomic mass is 19.4. The van der Waals surface area contributed by atoms with E-state index in [0.29, 0.717) is 17.8 Å². The van der Waals surface area contributed by atoms with E-state index in [1.807, 2.05) is 6.92 Å². The Labute approximate surface area is 142 Å². The Morgan fingerprint density at radius 2 is 1.80 bits per heavy atom. The lowest BCUT2D eigenvalue weighted by Crippen LogP contribution is -2.17. The van der Waals surface area contributed by atoms with Gasteiger partial charge in [-0.3, -0.25) is 0 Å². The van der Waals surface area contributed by atoms with E-state index in [-0.39, 0.29) is 17.6 Å². The zero-order valence-electron chi connectivity index (χ0n) is 13.5. The molecule has 1 heterocycles. The minimum Gasteiger partial charge on any atom is -0.322 e.